The molecule has 1 heterocycles. The second-order valence-electron chi connectivity index (χ2n) is 8.61. The lowest BCUT2D eigenvalue weighted by Gasteiger charge is -2.30. The molecule has 1 atom stereocenters. The summed E-state index contributed by atoms with van der Waals surface area (Å²) < 4.78 is 11.6. The lowest BCUT2D eigenvalue weighted by molar-refractivity contribution is -0.140. The van der Waals surface area contributed by atoms with E-state index in [9.17, 15) is 4.79 Å². The highest BCUT2D eigenvalue weighted by Gasteiger charge is 2.34. The van der Waals surface area contributed by atoms with E-state index in [0.717, 1.165) is 23.9 Å². The van der Waals surface area contributed by atoms with E-state index < -0.39 is 5.60 Å². The number of ether oxygens (including phenoxy) is 2. The normalized spacial score (nSPS) is 18.1. The van der Waals surface area contributed by atoms with Gasteiger partial charge in [-0.2, -0.15) is 0 Å². The van der Waals surface area contributed by atoms with Crippen molar-refractivity contribution in [2.75, 3.05) is 38.2 Å². The Labute approximate surface area is 170 Å². The number of carbonyl (C=O) groups is 1. The Kier molecular flexibility index (Phi) is 8.77. The third-order valence-corrected chi connectivity index (χ3v) is 5.41. The van der Waals surface area contributed by atoms with Crippen molar-refractivity contribution in [3.05, 3.63) is 24.3 Å². The van der Waals surface area contributed by atoms with E-state index in [4.69, 9.17) is 9.47 Å². The summed E-state index contributed by atoms with van der Waals surface area (Å²) in [5.41, 5.74) is -0.0543. The SMILES string of the molecule is CCOC(C)(CC(C)C)C(=O)Nc1ccc(OCCN2CCC(C)CC2)cc1. The van der Waals surface area contributed by atoms with Crippen LogP contribution in [0.15, 0.2) is 24.3 Å². The molecule has 0 radical (unpaired) electrons. The standard InChI is InChI=1S/C23H38N2O3/c1-6-28-23(5,17-18(2)3)22(26)24-20-7-9-21(10-8-20)27-16-15-25-13-11-19(4)12-14-25/h7-10,18-19H,6,11-17H2,1-5H3,(H,24,26). The van der Waals surface area contributed by atoms with Gasteiger partial charge in [-0.05, 0) is 82.3 Å². The van der Waals surface area contributed by atoms with Crippen LogP contribution in [-0.2, 0) is 9.53 Å². The first kappa shape index (κ1) is 22.7. The molecular weight excluding hydrogens is 352 g/mol. The monoisotopic (exact) mass is 390 g/mol. The minimum Gasteiger partial charge on any atom is -0.492 e. The Morgan fingerprint density at radius 3 is 2.46 bits per heavy atom. The first-order valence-corrected chi connectivity index (χ1v) is 10.7. The van der Waals surface area contributed by atoms with Gasteiger partial charge in [-0.1, -0.05) is 20.8 Å². The van der Waals surface area contributed by atoms with Crippen molar-refractivity contribution in [1.82, 2.24) is 4.90 Å². The van der Waals surface area contributed by atoms with Crippen molar-refractivity contribution in [3.63, 3.8) is 0 Å². The molecule has 0 bridgehead atoms. The van der Waals surface area contributed by atoms with Crippen LogP contribution in [0.1, 0.15) is 53.9 Å². The summed E-state index contributed by atoms with van der Waals surface area (Å²) in [6, 6.07) is 7.60. The van der Waals surface area contributed by atoms with Gasteiger partial charge >= 0.3 is 0 Å². The quantitative estimate of drug-likeness (QED) is 0.635. The molecule has 5 heteroatoms. The van der Waals surface area contributed by atoms with Gasteiger partial charge in [-0.25, -0.2) is 0 Å². The van der Waals surface area contributed by atoms with E-state index in [1.165, 1.54) is 25.9 Å². The predicted octanol–water partition coefficient (Wildman–Crippen LogP) is 4.58. The summed E-state index contributed by atoms with van der Waals surface area (Å²) >= 11 is 0. The number of nitrogens with one attached hydrogen (secondary N) is 1. The van der Waals surface area contributed by atoms with Crippen LogP contribution in [0.5, 0.6) is 5.75 Å². The van der Waals surface area contributed by atoms with Crippen molar-refractivity contribution < 1.29 is 14.3 Å². The zero-order chi connectivity index (χ0) is 20.6. The Morgan fingerprint density at radius 2 is 1.89 bits per heavy atom. The topological polar surface area (TPSA) is 50.8 Å². The molecule has 1 fully saturated rings. The van der Waals surface area contributed by atoms with Crippen LogP contribution < -0.4 is 10.1 Å². The molecule has 1 amide bonds. The Hall–Kier alpha value is -1.59. The largest absolute Gasteiger partial charge is 0.492 e. The molecule has 1 saturated heterocycles. The Morgan fingerprint density at radius 1 is 1.25 bits per heavy atom. The van der Waals surface area contributed by atoms with Gasteiger partial charge < -0.3 is 14.8 Å². The zero-order valence-electron chi connectivity index (χ0n) is 18.3. The molecule has 1 N–H and O–H groups in total. The summed E-state index contributed by atoms with van der Waals surface area (Å²) in [6.07, 6.45) is 3.25. The molecule has 5 nitrogen and oxygen atoms in total. The number of piperidine rings is 1. The summed E-state index contributed by atoms with van der Waals surface area (Å²) in [5.74, 6) is 1.96. The van der Waals surface area contributed by atoms with E-state index in [1.807, 2.05) is 38.1 Å². The molecule has 0 spiro atoms. The maximum absolute atomic E-state index is 12.7. The fraction of sp³-hybridized carbons (Fsp3) is 0.696. The highest BCUT2D eigenvalue weighted by atomic mass is 16.5. The van der Waals surface area contributed by atoms with Crippen LogP contribution in [0.2, 0.25) is 0 Å². The zero-order valence-corrected chi connectivity index (χ0v) is 18.3. The fourth-order valence-corrected chi connectivity index (χ4v) is 3.79. The van der Waals surface area contributed by atoms with Gasteiger partial charge in [0, 0.05) is 18.8 Å². The van der Waals surface area contributed by atoms with Gasteiger partial charge in [-0.15, -0.1) is 0 Å². The Bertz CT molecular complexity index is 594. The van der Waals surface area contributed by atoms with Crippen molar-refractivity contribution in [3.8, 4) is 5.75 Å². The third kappa shape index (κ3) is 7.10. The van der Waals surface area contributed by atoms with Gasteiger partial charge in [0.1, 0.15) is 18.0 Å². The van der Waals surface area contributed by atoms with Gasteiger partial charge in [-0.3, -0.25) is 9.69 Å². The minimum absolute atomic E-state index is 0.101. The molecule has 158 valence electrons. The van der Waals surface area contributed by atoms with Crippen molar-refractivity contribution in [2.45, 2.75) is 59.5 Å². The maximum atomic E-state index is 12.7. The minimum atomic E-state index is -0.815. The molecule has 0 saturated carbocycles. The summed E-state index contributed by atoms with van der Waals surface area (Å²) in [4.78, 5) is 15.2. The third-order valence-electron chi connectivity index (χ3n) is 5.41. The summed E-state index contributed by atoms with van der Waals surface area (Å²) in [7, 11) is 0. The molecule has 1 aliphatic rings. The number of hydrogen-bond acceptors (Lipinski definition) is 4. The second-order valence-corrected chi connectivity index (χ2v) is 8.61. The van der Waals surface area contributed by atoms with Crippen LogP contribution >= 0.6 is 0 Å². The maximum Gasteiger partial charge on any atom is 0.256 e. The van der Waals surface area contributed by atoms with Crippen molar-refractivity contribution in [2.24, 2.45) is 11.8 Å². The number of hydrogen-bond donors (Lipinski definition) is 1. The number of anilines is 1. The molecule has 28 heavy (non-hydrogen) atoms. The number of carbonyl (C=O) groups excluding carboxylic acids is 1. The van der Waals surface area contributed by atoms with Crippen LogP contribution in [0.3, 0.4) is 0 Å². The van der Waals surface area contributed by atoms with Gasteiger partial charge in [0.05, 0.1) is 0 Å². The number of benzene rings is 1. The van der Waals surface area contributed by atoms with Gasteiger partial charge in [0.25, 0.3) is 5.91 Å². The van der Waals surface area contributed by atoms with E-state index >= 15 is 0 Å². The molecule has 1 aliphatic heterocycles. The first-order chi connectivity index (χ1) is 13.3. The van der Waals surface area contributed by atoms with Gasteiger partial charge in [0.15, 0.2) is 0 Å². The average molecular weight is 391 g/mol. The van der Waals surface area contributed by atoms with Crippen LogP contribution in [-0.4, -0.2) is 49.3 Å². The van der Waals surface area contributed by atoms with Crippen LogP contribution in [0.4, 0.5) is 5.69 Å². The van der Waals surface area contributed by atoms with E-state index in [0.29, 0.717) is 25.6 Å². The van der Waals surface area contributed by atoms with Crippen LogP contribution in [0, 0.1) is 11.8 Å². The average Bonchev–Trinajstić information content (AvgIpc) is 2.64. The summed E-state index contributed by atoms with van der Waals surface area (Å²) in [6.45, 7) is 14.8. The Balaban J connectivity index is 1.81. The lowest BCUT2D eigenvalue weighted by Crippen LogP contribution is -2.43. The molecular formula is C23H38N2O3. The number of amides is 1. The molecule has 0 aromatic heterocycles. The van der Waals surface area contributed by atoms with E-state index in [2.05, 4.69) is 31.0 Å². The number of nitrogens with zero attached hydrogens (tertiary/aromatic N) is 1. The van der Waals surface area contributed by atoms with E-state index in [-0.39, 0.29) is 5.91 Å². The first-order valence-electron chi connectivity index (χ1n) is 10.7. The highest BCUT2D eigenvalue weighted by Crippen LogP contribution is 2.24. The summed E-state index contributed by atoms with van der Waals surface area (Å²) in [5, 5.41) is 2.98. The smallest absolute Gasteiger partial charge is 0.256 e. The molecule has 1 unspecified atom stereocenters. The van der Waals surface area contributed by atoms with E-state index in [1.54, 1.807) is 0 Å². The van der Waals surface area contributed by atoms with Gasteiger partial charge in [0.2, 0.25) is 0 Å². The predicted molar refractivity (Wildman–Crippen MR) is 115 cm³/mol. The second kappa shape index (κ2) is 10.8. The molecule has 0 aliphatic carbocycles. The number of likely N-dealkylation sites (tertiary alicyclic amines) is 1. The number of rotatable bonds is 10. The molecule has 1 aromatic carbocycles. The molecule has 1 aromatic rings. The fourth-order valence-electron chi connectivity index (χ4n) is 3.79. The highest BCUT2D eigenvalue weighted by molar-refractivity contribution is 5.97. The lowest BCUT2D eigenvalue weighted by atomic mass is 9.93. The molecule has 2 rings (SSSR count). The van der Waals surface area contributed by atoms with Crippen molar-refractivity contribution in [1.29, 1.82) is 0 Å². The van der Waals surface area contributed by atoms with Crippen molar-refractivity contribution >= 4 is 11.6 Å². The van der Waals surface area contributed by atoms with Crippen LogP contribution in [0.25, 0.3) is 0 Å².